The van der Waals surface area contributed by atoms with Crippen LogP contribution in [-0.4, -0.2) is 84.1 Å². The molecule has 0 bridgehead atoms. The molecule has 0 amide bonds. The lowest BCUT2D eigenvalue weighted by molar-refractivity contribution is -0.210. The molecule has 1 rings (SSSR count). The Morgan fingerprint density at radius 2 is 1.57 bits per heavy atom. The highest BCUT2D eigenvalue weighted by Gasteiger charge is 2.38. The van der Waals surface area contributed by atoms with Crippen LogP contribution in [0.3, 0.4) is 0 Å². The third-order valence-electron chi connectivity index (χ3n) is 3.08. The molecule has 23 heavy (non-hydrogen) atoms. The van der Waals surface area contributed by atoms with Crippen molar-refractivity contribution in [3.63, 3.8) is 0 Å². The molecule has 0 aliphatic carbocycles. The Balaban J connectivity index is 2.62. The molecule has 3 N–H and O–H groups in total. The summed E-state index contributed by atoms with van der Waals surface area (Å²) in [5.74, 6) is -3.45. The van der Waals surface area contributed by atoms with E-state index in [0.29, 0.717) is 0 Å². The summed E-state index contributed by atoms with van der Waals surface area (Å²) in [4.78, 5) is 31.7. The monoisotopic (exact) mass is 336 g/mol. The minimum absolute atomic E-state index is 0.00474. The summed E-state index contributed by atoms with van der Waals surface area (Å²) in [5, 5.41) is 25.9. The van der Waals surface area contributed by atoms with Gasteiger partial charge in [-0.15, -0.1) is 0 Å². The van der Waals surface area contributed by atoms with Gasteiger partial charge in [0.05, 0.1) is 24.9 Å². The van der Waals surface area contributed by atoms with Crippen LogP contribution in [0, 0.1) is 0 Å². The van der Waals surface area contributed by atoms with E-state index in [2.05, 4.69) is 0 Å². The molecule has 0 saturated carbocycles. The number of carboxylic acid groups (broad SMARTS) is 3. The second-order valence-electron chi connectivity index (χ2n) is 5.02. The van der Waals surface area contributed by atoms with Crippen molar-refractivity contribution in [2.24, 2.45) is 0 Å². The van der Waals surface area contributed by atoms with E-state index >= 15 is 0 Å². The van der Waals surface area contributed by atoms with Crippen molar-refractivity contribution in [3.8, 4) is 0 Å². The van der Waals surface area contributed by atoms with Crippen molar-refractivity contribution in [1.29, 1.82) is 0 Å². The molecule has 0 radical (unpaired) electrons. The maximum Gasteiger partial charge on any atom is 0.329 e. The van der Waals surface area contributed by atoms with Gasteiger partial charge in [-0.25, -0.2) is 14.4 Å². The molecule has 1 saturated heterocycles. The zero-order chi connectivity index (χ0) is 17.4. The lowest BCUT2D eigenvalue weighted by atomic mass is 9.98. The van der Waals surface area contributed by atoms with Crippen LogP contribution in [0.1, 0.15) is 13.3 Å². The van der Waals surface area contributed by atoms with Crippen molar-refractivity contribution in [2.45, 2.75) is 37.8 Å². The van der Waals surface area contributed by atoms with Crippen molar-refractivity contribution in [3.05, 3.63) is 0 Å². The van der Waals surface area contributed by atoms with Crippen LogP contribution in [0.5, 0.6) is 0 Å². The molecule has 10 nitrogen and oxygen atoms in total. The third-order valence-corrected chi connectivity index (χ3v) is 3.08. The average Bonchev–Trinajstić information content (AvgIpc) is 2.43. The van der Waals surface area contributed by atoms with Gasteiger partial charge in [0.25, 0.3) is 0 Å². The summed E-state index contributed by atoms with van der Waals surface area (Å²) in [6, 6.07) is 0. The number of carbonyl (C=O) groups is 3. The maximum atomic E-state index is 10.6. The summed E-state index contributed by atoms with van der Waals surface area (Å²) < 4.78 is 21.0. The van der Waals surface area contributed by atoms with Gasteiger partial charge >= 0.3 is 17.9 Å². The van der Waals surface area contributed by atoms with Crippen LogP contribution < -0.4 is 0 Å². The Hall–Kier alpha value is -1.75. The zero-order valence-corrected chi connectivity index (χ0v) is 12.5. The second-order valence-corrected chi connectivity index (χ2v) is 5.02. The second kappa shape index (κ2) is 9.40. The standard InChI is InChI=1S/C13H20O10/c1-7-13(22-6-12(18)19)9(21-5-11(16)17)2-8(23-7)3-20-4-10(14)15/h7-9,13H,2-6H2,1H3,(H,14,15)(H,16,17)(H,18,19)/t7-,8-,9-,13-/m0/s1. The first-order valence-electron chi connectivity index (χ1n) is 6.91. The molecule has 0 aromatic heterocycles. The van der Waals surface area contributed by atoms with Gasteiger partial charge in [0.1, 0.15) is 25.9 Å². The summed E-state index contributed by atoms with van der Waals surface area (Å²) in [6.45, 7) is 0.0224. The largest absolute Gasteiger partial charge is 0.480 e. The summed E-state index contributed by atoms with van der Waals surface area (Å²) in [6.07, 6.45) is -2.33. The summed E-state index contributed by atoms with van der Waals surface area (Å²) in [5.41, 5.74) is 0. The van der Waals surface area contributed by atoms with Crippen LogP contribution in [0.4, 0.5) is 0 Å². The predicted molar refractivity (Wildman–Crippen MR) is 72.2 cm³/mol. The van der Waals surface area contributed by atoms with Gasteiger partial charge < -0.3 is 34.3 Å². The van der Waals surface area contributed by atoms with E-state index < -0.39 is 62.1 Å². The molecule has 132 valence electrons. The van der Waals surface area contributed by atoms with Crippen LogP contribution in [0.2, 0.25) is 0 Å². The van der Waals surface area contributed by atoms with Gasteiger partial charge in [-0.3, -0.25) is 0 Å². The van der Waals surface area contributed by atoms with E-state index in [1.165, 1.54) is 0 Å². The minimum atomic E-state index is -1.17. The third kappa shape index (κ3) is 7.37. The molecule has 0 unspecified atom stereocenters. The highest BCUT2D eigenvalue weighted by Crippen LogP contribution is 2.25. The molecule has 1 fully saturated rings. The van der Waals surface area contributed by atoms with Crippen molar-refractivity contribution >= 4 is 17.9 Å². The van der Waals surface area contributed by atoms with E-state index in [1.54, 1.807) is 6.92 Å². The fourth-order valence-electron chi connectivity index (χ4n) is 2.27. The molecular weight excluding hydrogens is 316 g/mol. The van der Waals surface area contributed by atoms with Gasteiger partial charge in [-0.1, -0.05) is 0 Å². The Labute approximate surface area is 131 Å². The van der Waals surface area contributed by atoms with Gasteiger partial charge in [-0.2, -0.15) is 0 Å². The van der Waals surface area contributed by atoms with Crippen molar-refractivity contribution < 1.29 is 48.7 Å². The maximum absolute atomic E-state index is 10.6. The number of hydrogen-bond donors (Lipinski definition) is 3. The topological polar surface area (TPSA) is 149 Å². The Morgan fingerprint density at radius 3 is 2.13 bits per heavy atom. The molecule has 4 atom stereocenters. The number of aliphatic carboxylic acids is 3. The molecule has 1 aliphatic heterocycles. The predicted octanol–water partition coefficient (Wildman–Crippen LogP) is -0.795. The van der Waals surface area contributed by atoms with E-state index in [4.69, 9.17) is 34.3 Å². The molecule has 10 heteroatoms. The molecule has 1 aliphatic rings. The fraction of sp³-hybridized carbons (Fsp3) is 0.769. The smallest absolute Gasteiger partial charge is 0.329 e. The molecule has 0 aromatic rings. The highest BCUT2D eigenvalue weighted by molar-refractivity contribution is 5.68. The van der Waals surface area contributed by atoms with Gasteiger partial charge in [0.2, 0.25) is 0 Å². The zero-order valence-electron chi connectivity index (χ0n) is 12.5. The quantitative estimate of drug-likeness (QED) is 0.463. The minimum Gasteiger partial charge on any atom is -0.480 e. The summed E-state index contributed by atoms with van der Waals surface area (Å²) in [7, 11) is 0. The van der Waals surface area contributed by atoms with Gasteiger partial charge in [0.15, 0.2) is 0 Å². The van der Waals surface area contributed by atoms with E-state index in [1.807, 2.05) is 0 Å². The Morgan fingerprint density at radius 1 is 1.00 bits per heavy atom. The van der Waals surface area contributed by atoms with Crippen molar-refractivity contribution in [2.75, 3.05) is 26.4 Å². The van der Waals surface area contributed by atoms with E-state index in [9.17, 15) is 14.4 Å². The van der Waals surface area contributed by atoms with E-state index in [-0.39, 0.29) is 13.0 Å². The van der Waals surface area contributed by atoms with Crippen LogP contribution in [-0.2, 0) is 33.3 Å². The number of hydrogen-bond acceptors (Lipinski definition) is 7. The molecule has 1 heterocycles. The molecular formula is C13H20O10. The normalized spacial score (nSPS) is 27.5. The van der Waals surface area contributed by atoms with Gasteiger partial charge in [0, 0.05) is 6.42 Å². The van der Waals surface area contributed by atoms with Gasteiger partial charge in [-0.05, 0) is 6.92 Å². The van der Waals surface area contributed by atoms with Crippen LogP contribution in [0.25, 0.3) is 0 Å². The van der Waals surface area contributed by atoms with Crippen LogP contribution in [0.15, 0.2) is 0 Å². The molecule has 0 aromatic carbocycles. The Kier molecular flexibility index (Phi) is 7.89. The summed E-state index contributed by atoms with van der Waals surface area (Å²) >= 11 is 0. The van der Waals surface area contributed by atoms with E-state index in [0.717, 1.165) is 0 Å². The number of rotatable bonds is 10. The lowest BCUT2D eigenvalue weighted by Gasteiger charge is -2.39. The first-order valence-corrected chi connectivity index (χ1v) is 6.91. The fourth-order valence-corrected chi connectivity index (χ4v) is 2.27. The van der Waals surface area contributed by atoms with Crippen molar-refractivity contribution in [1.82, 2.24) is 0 Å². The average molecular weight is 336 g/mol. The Bertz CT molecular complexity index is 423. The SMILES string of the molecule is C[C@@H]1O[C@H](COCC(=O)O)C[C@H](OCC(=O)O)[C@H]1OCC(=O)O. The lowest BCUT2D eigenvalue weighted by Crippen LogP contribution is -2.51. The number of carboxylic acids is 3. The highest BCUT2D eigenvalue weighted by atomic mass is 16.6. The van der Waals surface area contributed by atoms with Crippen LogP contribution >= 0.6 is 0 Å². The first-order chi connectivity index (χ1) is 10.8. The first kappa shape index (κ1) is 19.3. The molecule has 0 spiro atoms. The number of ether oxygens (including phenoxy) is 4.